The van der Waals surface area contributed by atoms with Gasteiger partial charge in [0.25, 0.3) is 5.69 Å². The summed E-state index contributed by atoms with van der Waals surface area (Å²) >= 11 is 0. The Morgan fingerprint density at radius 3 is 2.68 bits per heavy atom. The molecule has 0 amide bonds. The Morgan fingerprint density at radius 2 is 1.94 bits per heavy atom. The monoisotopic (exact) mass is 420 g/mol. The smallest absolute Gasteiger partial charge is 0.343 e. The Morgan fingerprint density at radius 1 is 1.16 bits per heavy atom. The highest BCUT2D eigenvalue weighted by atomic mass is 16.6. The van der Waals surface area contributed by atoms with Gasteiger partial charge in [-0.05, 0) is 17.7 Å². The first-order valence-corrected chi connectivity index (χ1v) is 9.81. The van der Waals surface area contributed by atoms with Crippen molar-refractivity contribution in [1.82, 2.24) is 0 Å². The normalized spacial score (nSPS) is 22.4. The zero-order valence-corrected chi connectivity index (χ0v) is 17.2. The van der Waals surface area contributed by atoms with Gasteiger partial charge in [0, 0.05) is 29.2 Å². The van der Waals surface area contributed by atoms with Crippen LogP contribution in [0.15, 0.2) is 64.0 Å². The van der Waals surface area contributed by atoms with E-state index in [0.29, 0.717) is 22.6 Å². The fourth-order valence-corrected chi connectivity index (χ4v) is 4.96. The molecule has 1 N–H and O–H groups in total. The van der Waals surface area contributed by atoms with E-state index in [4.69, 9.17) is 13.9 Å². The number of nitro benzene ring substituents is 1. The van der Waals surface area contributed by atoms with Crippen LogP contribution in [0.3, 0.4) is 0 Å². The van der Waals surface area contributed by atoms with E-state index in [1.165, 1.54) is 25.5 Å². The Labute approximate surface area is 177 Å². The Kier molecular flexibility index (Phi) is 3.92. The number of anilines is 1. The number of nitrogens with zero attached hydrogens (tertiary/aromatic N) is 1. The van der Waals surface area contributed by atoms with Crippen molar-refractivity contribution in [2.24, 2.45) is 5.41 Å². The van der Waals surface area contributed by atoms with Crippen LogP contribution in [-0.4, -0.2) is 12.0 Å². The molecule has 8 nitrogen and oxygen atoms in total. The van der Waals surface area contributed by atoms with Gasteiger partial charge in [-0.25, -0.2) is 4.79 Å². The van der Waals surface area contributed by atoms with Gasteiger partial charge in [-0.3, -0.25) is 10.1 Å². The summed E-state index contributed by atoms with van der Waals surface area (Å²) in [6.07, 6.45) is 1.31. The van der Waals surface area contributed by atoms with Gasteiger partial charge in [0.15, 0.2) is 0 Å². The highest BCUT2D eigenvalue weighted by Crippen LogP contribution is 2.63. The third-order valence-corrected chi connectivity index (χ3v) is 6.42. The molecular weight excluding hydrogens is 400 g/mol. The molecule has 31 heavy (non-hydrogen) atoms. The van der Waals surface area contributed by atoms with Crippen LogP contribution >= 0.6 is 0 Å². The van der Waals surface area contributed by atoms with Gasteiger partial charge in [0.05, 0.1) is 35.5 Å². The highest BCUT2D eigenvalue weighted by molar-refractivity contribution is 5.67. The van der Waals surface area contributed by atoms with E-state index in [-0.39, 0.29) is 11.6 Å². The average Bonchev–Trinajstić information content (AvgIpc) is 2.73. The first-order valence-electron chi connectivity index (χ1n) is 9.81. The van der Waals surface area contributed by atoms with Crippen molar-refractivity contribution in [2.75, 3.05) is 12.4 Å². The van der Waals surface area contributed by atoms with Crippen LogP contribution in [0.2, 0.25) is 0 Å². The first kappa shape index (κ1) is 19.2. The van der Waals surface area contributed by atoms with E-state index in [9.17, 15) is 14.9 Å². The predicted molar refractivity (Wildman–Crippen MR) is 113 cm³/mol. The fraction of sp³-hybridized carbons (Fsp3) is 0.261. The van der Waals surface area contributed by atoms with Gasteiger partial charge < -0.3 is 19.2 Å². The van der Waals surface area contributed by atoms with E-state index in [1.54, 1.807) is 12.1 Å². The minimum atomic E-state index is -1.16. The number of ether oxygens (including phenoxy) is 2. The highest BCUT2D eigenvalue weighted by Gasteiger charge is 2.62. The summed E-state index contributed by atoms with van der Waals surface area (Å²) in [6.45, 7) is 3.99. The number of hydrogen-bond acceptors (Lipinski definition) is 7. The molecule has 2 atom stereocenters. The molecule has 2 aromatic carbocycles. The summed E-state index contributed by atoms with van der Waals surface area (Å²) in [4.78, 5) is 23.6. The molecule has 0 radical (unpaired) electrons. The van der Waals surface area contributed by atoms with E-state index < -0.39 is 21.7 Å². The molecule has 5 rings (SSSR count). The molecule has 3 heterocycles. The maximum atomic E-state index is 12.8. The van der Waals surface area contributed by atoms with E-state index in [2.05, 4.69) is 5.32 Å². The Hall–Kier alpha value is -3.81. The number of non-ortho nitro benzene ring substituents is 1. The summed E-state index contributed by atoms with van der Waals surface area (Å²) < 4.78 is 17.3. The molecule has 158 valence electrons. The molecule has 2 aliphatic rings. The summed E-state index contributed by atoms with van der Waals surface area (Å²) in [5, 5.41) is 14.8. The van der Waals surface area contributed by atoms with Gasteiger partial charge in [-0.2, -0.15) is 0 Å². The SMILES string of the molecule is COc1cc([N+](=O)[O-])ccc1C12Nc3ccccc3[C@H](c3c(ccoc3=O)O1)C2(C)C. The molecule has 8 heteroatoms. The molecule has 1 aromatic heterocycles. The van der Waals surface area contributed by atoms with Crippen molar-refractivity contribution in [3.05, 3.63) is 92.0 Å². The number of para-hydroxylation sites is 1. The molecule has 3 aromatic rings. The summed E-state index contributed by atoms with van der Waals surface area (Å²) in [5.41, 5.74) is 0.423. The Balaban J connectivity index is 1.86. The van der Waals surface area contributed by atoms with Crippen molar-refractivity contribution < 1.29 is 18.8 Å². The second-order valence-corrected chi connectivity index (χ2v) is 8.28. The van der Waals surface area contributed by atoms with Gasteiger partial charge in [0.1, 0.15) is 11.5 Å². The largest absolute Gasteiger partial charge is 0.496 e. The summed E-state index contributed by atoms with van der Waals surface area (Å²) in [5.74, 6) is 0.383. The van der Waals surface area contributed by atoms with Crippen molar-refractivity contribution in [3.8, 4) is 11.5 Å². The van der Waals surface area contributed by atoms with Crippen LogP contribution in [0.5, 0.6) is 11.5 Å². The van der Waals surface area contributed by atoms with Crippen LogP contribution in [0.1, 0.15) is 36.5 Å². The third kappa shape index (κ3) is 2.44. The van der Waals surface area contributed by atoms with E-state index >= 15 is 0 Å². The van der Waals surface area contributed by atoms with Gasteiger partial charge in [-0.1, -0.05) is 32.0 Å². The molecular formula is C23H20N2O6. The molecule has 0 spiro atoms. The average molecular weight is 420 g/mol. The van der Waals surface area contributed by atoms with Gasteiger partial charge in [0.2, 0.25) is 5.72 Å². The second kappa shape index (κ2) is 6.34. The first-order chi connectivity index (χ1) is 14.8. The summed E-state index contributed by atoms with van der Waals surface area (Å²) in [6, 6.07) is 13.8. The topological polar surface area (TPSA) is 104 Å². The number of rotatable bonds is 3. The lowest BCUT2D eigenvalue weighted by Crippen LogP contribution is -2.61. The van der Waals surface area contributed by atoms with Crippen molar-refractivity contribution in [2.45, 2.75) is 25.5 Å². The molecule has 0 saturated carbocycles. The zero-order valence-electron chi connectivity index (χ0n) is 17.2. The van der Waals surface area contributed by atoms with Crippen LogP contribution in [0, 0.1) is 15.5 Å². The number of hydrogen-bond donors (Lipinski definition) is 1. The van der Waals surface area contributed by atoms with Crippen molar-refractivity contribution in [3.63, 3.8) is 0 Å². The number of nitrogens with one attached hydrogen (secondary N) is 1. The van der Waals surface area contributed by atoms with E-state index in [0.717, 1.165) is 11.3 Å². The quantitative estimate of drug-likeness (QED) is 0.495. The standard InChI is InChI=1S/C23H20N2O6/c1-22(2)20-14-6-4-5-7-16(14)24-23(22,31-17-10-11-30-21(26)19(17)20)15-9-8-13(25(27)28)12-18(15)29-3/h4-12,20,24H,1-3H3/t20-,23?/m1/s1. The fourth-order valence-electron chi connectivity index (χ4n) is 4.96. The molecule has 0 fully saturated rings. The molecule has 0 saturated heterocycles. The minimum absolute atomic E-state index is 0.0839. The third-order valence-electron chi connectivity index (χ3n) is 6.42. The molecule has 0 aliphatic carbocycles. The maximum Gasteiger partial charge on any atom is 0.343 e. The summed E-state index contributed by atoms with van der Waals surface area (Å²) in [7, 11) is 1.46. The van der Waals surface area contributed by atoms with Gasteiger partial charge >= 0.3 is 5.63 Å². The number of fused-ring (bicyclic) bond motifs is 6. The predicted octanol–water partition coefficient (Wildman–Crippen LogP) is 4.39. The van der Waals surface area contributed by atoms with Crippen LogP contribution in [0.4, 0.5) is 11.4 Å². The second-order valence-electron chi connectivity index (χ2n) is 8.28. The molecule has 2 aliphatic heterocycles. The Bertz CT molecular complexity index is 1280. The van der Waals surface area contributed by atoms with Crippen LogP contribution < -0.4 is 20.4 Å². The minimum Gasteiger partial charge on any atom is -0.496 e. The number of nitro groups is 1. The molecule has 2 bridgehead atoms. The lowest BCUT2D eigenvalue weighted by atomic mass is 9.59. The number of methoxy groups -OCH3 is 1. The van der Waals surface area contributed by atoms with Gasteiger partial charge in [-0.15, -0.1) is 0 Å². The maximum absolute atomic E-state index is 12.8. The number of benzene rings is 2. The van der Waals surface area contributed by atoms with Crippen molar-refractivity contribution in [1.29, 1.82) is 0 Å². The van der Waals surface area contributed by atoms with Crippen molar-refractivity contribution >= 4 is 11.4 Å². The zero-order chi connectivity index (χ0) is 22.0. The van der Waals surface area contributed by atoms with E-state index in [1.807, 2.05) is 38.1 Å². The van der Waals surface area contributed by atoms with Crippen LogP contribution in [-0.2, 0) is 5.72 Å². The lowest BCUT2D eigenvalue weighted by Gasteiger charge is -2.57. The lowest BCUT2D eigenvalue weighted by molar-refractivity contribution is -0.385. The molecule has 1 unspecified atom stereocenters. The van der Waals surface area contributed by atoms with Crippen LogP contribution in [0.25, 0.3) is 0 Å².